The number of halogens is 2. The van der Waals surface area contributed by atoms with Crippen molar-refractivity contribution in [2.45, 2.75) is 25.5 Å². The van der Waals surface area contributed by atoms with Crippen LogP contribution in [-0.2, 0) is 6.54 Å². The van der Waals surface area contributed by atoms with Gasteiger partial charge in [0, 0.05) is 34.4 Å². The molecule has 5 heteroatoms. The minimum absolute atomic E-state index is 0. The molecule has 0 amide bonds. The molecule has 86 valence electrons. The van der Waals surface area contributed by atoms with Crippen LogP contribution in [0.3, 0.4) is 0 Å². The van der Waals surface area contributed by atoms with Gasteiger partial charge < -0.3 is 5.11 Å². The van der Waals surface area contributed by atoms with Crippen molar-refractivity contribution < 1.29 is 5.11 Å². The highest BCUT2D eigenvalue weighted by Crippen LogP contribution is 2.22. The fraction of sp³-hybridized carbons (Fsp3) is 0.600. The minimum Gasteiger partial charge on any atom is -0.393 e. The minimum atomic E-state index is -0.0682. The Bertz CT molecular complexity index is 299. The Kier molecular flexibility index (Phi) is 5.57. The van der Waals surface area contributed by atoms with Gasteiger partial charge in [0.2, 0.25) is 0 Å². The molecule has 1 aromatic heterocycles. The normalized spacial score (nSPS) is 18.8. The number of rotatable bonds is 2. The third kappa shape index (κ3) is 4.04. The SMILES string of the molecule is Cl.OC1CCN(Cc2cc(Br)cs2)CC1. The van der Waals surface area contributed by atoms with E-state index in [4.69, 9.17) is 0 Å². The number of piperidine rings is 1. The van der Waals surface area contributed by atoms with Crippen molar-refractivity contribution in [1.29, 1.82) is 0 Å². The van der Waals surface area contributed by atoms with Crippen LogP contribution in [0.15, 0.2) is 15.9 Å². The predicted octanol–water partition coefficient (Wildman–Crippen LogP) is 2.89. The highest BCUT2D eigenvalue weighted by atomic mass is 79.9. The Morgan fingerprint density at radius 2 is 2.13 bits per heavy atom. The zero-order chi connectivity index (χ0) is 9.97. The summed E-state index contributed by atoms with van der Waals surface area (Å²) in [5, 5.41) is 11.5. The topological polar surface area (TPSA) is 23.5 Å². The first-order valence-corrected chi connectivity index (χ1v) is 6.54. The molecule has 0 aromatic carbocycles. The molecule has 0 bridgehead atoms. The van der Waals surface area contributed by atoms with Gasteiger partial charge in [0.05, 0.1) is 6.10 Å². The molecule has 1 aliphatic rings. The average molecular weight is 313 g/mol. The molecule has 0 saturated carbocycles. The lowest BCUT2D eigenvalue weighted by atomic mass is 10.1. The van der Waals surface area contributed by atoms with Crippen molar-refractivity contribution in [3.05, 3.63) is 20.8 Å². The molecule has 1 saturated heterocycles. The highest BCUT2D eigenvalue weighted by Gasteiger charge is 2.17. The maximum Gasteiger partial charge on any atom is 0.0564 e. The van der Waals surface area contributed by atoms with Crippen molar-refractivity contribution in [2.24, 2.45) is 0 Å². The van der Waals surface area contributed by atoms with E-state index in [-0.39, 0.29) is 18.5 Å². The molecule has 0 atom stereocenters. The first-order chi connectivity index (χ1) is 6.74. The van der Waals surface area contributed by atoms with Crippen LogP contribution < -0.4 is 0 Å². The fourth-order valence-electron chi connectivity index (χ4n) is 1.73. The molecule has 0 aliphatic carbocycles. The summed E-state index contributed by atoms with van der Waals surface area (Å²) in [6, 6.07) is 2.18. The van der Waals surface area contributed by atoms with E-state index < -0.39 is 0 Å². The van der Waals surface area contributed by atoms with Crippen LogP contribution in [0, 0.1) is 0 Å². The summed E-state index contributed by atoms with van der Waals surface area (Å²) in [5.74, 6) is 0. The van der Waals surface area contributed by atoms with Gasteiger partial charge in [0.25, 0.3) is 0 Å². The maximum absolute atomic E-state index is 9.37. The molecule has 0 spiro atoms. The summed E-state index contributed by atoms with van der Waals surface area (Å²) in [4.78, 5) is 3.80. The molecule has 1 aliphatic heterocycles. The quantitative estimate of drug-likeness (QED) is 0.908. The van der Waals surface area contributed by atoms with Crippen molar-refractivity contribution in [3.8, 4) is 0 Å². The summed E-state index contributed by atoms with van der Waals surface area (Å²) >= 11 is 5.25. The second kappa shape index (κ2) is 6.21. The van der Waals surface area contributed by atoms with Gasteiger partial charge in [-0.3, -0.25) is 4.90 Å². The van der Waals surface area contributed by atoms with Crippen LogP contribution in [0.5, 0.6) is 0 Å². The Morgan fingerprint density at radius 3 is 2.67 bits per heavy atom. The first-order valence-electron chi connectivity index (χ1n) is 4.87. The van der Waals surface area contributed by atoms with Crippen molar-refractivity contribution in [2.75, 3.05) is 13.1 Å². The van der Waals surface area contributed by atoms with Crippen LogP contribution >= 0.6 is 39.7 Å². The summed E-state index contributed by atoms with van der Waals surface area (Å²) in [5.41, 5.74) is 0. The number of aliphatic hydroxyl groups excluding tert-OH is 1. The number of aliphatic hydroxyl groups is 1. The van der Waals surface area contributed by atoms with Crippen LogP contribution in [0.2, 0.25) is 0 Å². The molecular weight excluding hydrogens is 298 g/mol. The molecule has 2 heterocycles. The predicted molar refractivity (Wildman–Crippen MR) is 69.8 cm³/mol. The Labute approximate surface area is 109 Å². The van der Waals surface area contributed by atoms with Crippen LogP contribution in [0.1, 0.15) is 17.7 Å². The summed E-state index contributed by atoms with van der Waals surface area (Å²) in [6.07, 6.45) is 1.78. The third-order valence-electron chi connectivity index (χ3n) is 2.56. The largest absolute Gasteiger partial charge is 0.393 e. The second-order valence-corrected chi connectivity index (χ2v) is 5.65. The van der Waals surface area contributed by atoms with E-state index in [1.807, 2.05) is 0 Å². The van der Waals surface area contributed by atoms with Gasteiger partial charge >= 0.3 is 0 Å². The molecule has 0 radical (unpaired) electrons. The van der Waals surface area contributed by atoms with Crippen molar-refractivity contribution in [3.63, 3.8) is 0 Å². The number of hydrogen-bond acceptors (Lipinski definition) is 3. The van der Waals surface area contributed by atoms with Gasteiger partial charge in [-0.1, -0.05) is 0 Å². The van der Waals surface area contributed by atoms with Gasteiger partial charge in [0.1, 0.15) is 0 Å². The molecule has 2 rings (SSSR count). The van der Waals surface area contributed by atoms with E-state index in [1.165, 1.54) is 9.35 Å². The highest BCUT2D eigenvalue weighted by molar-refractivity contribution is 9.10. The third-order valence-corrected chi connectivity index (χ3v) is 4.24. The van der Waals surface area contributed by atoms with E-state index in [9.17, 15) is 5.11 Å². The molecular formula is C10H15BrClNOS. The average Bonchev–Trinajstić information content (AvgIpc) is 2.56. The molecule has 0 unspecified atom stereocenters. The molecule has 1 fully saturated rings. The number of thiophene rings is 1. The van der Waals surface area contributed by atoms with Crippen molar-refractivity contribution >= 4 is 39.7 Å². The lowest BCUT2D eigenvalue weighted by Gasteiger charge is -2.28. The molecule has 15 heavy (non-hydrogen) atoms. The van der Waals surface area contributed by atoms with Crippen molar-refractivity contribution in [1.82, 2.24) is 4.90 Å². The summed E-state index contributed by atoms with van der Waals surface area (Å²) < 4.78 is 1.18. The van der Waals surface area contributed by atoms with Gasteiger partial charge in [-0.2, -0.15) is 0 Å². The molecule has 1 N–H and O–H groups in total. The first kappa shape index (κ1) is 13.5. The number of likely N-dealkylation sites (tertiary alicyclic amines) is 1. The zero-order valence-corrected chi connectivity index (χ0v) is 11.6. The van der Waals surface area contributed by atoms with Gasteiger partial charge in [-0.25, -0.2) is 0 Å². The smallest absolute Gasteiger partial charge is 0.0564 e. The van der Waals surface area contributed by atoms with Crippen LogP contribution in [0.25, 0.3) is 0 Å². The van der Waals surface area contributed by atoms with E-state index in [1.54, 1.807) is 11.3 Å². The second-order valence-electron chi connectivity index (χ2n) is 3.74. The van der Waals surface area contributed by atoms with Gasteiger partial charge in [-0.05, 0) is 34.8 Å². The number of nitrogens with zero attached hydrogens (tertiary/aromatic N) is 1. The zero-order valence-electron chi connectivity index (χ0n) is 8.36. The van der Waals surface area contributed by atoms with Gasteiger partial charge in [0.15, 0.2) is 0 Å². The lowest BCUT2D eigenvalue weighted by Crippen LogP contribution is -2.35. The molecule has 1 aromatic rings. The number of hydrogen-bond donors (Lipinski definition) is 1. The Balaban J connectivity index is 0.00000112. The van der Waals surface area contributed by atoms with E-state index in [0.717, 1.165) is 32.5 Å². The van der Waals surface area contributed by atoms with Crippen LogP contribution in [0.4, 0.5) is 0 Å². The molecule has 2 nitrogen and oxygen atoms in total. The maximum atomic E-state index is 9.37. The monoisotopic (exact) mass is 311 g/mol. The lowest BCUT2D eigenvalue weighted by molar-refractivity contribution is 0.0797. The van der Waals surface area contributed by atoms with Gasteiger partial charge in [-0.15, -0.1) is 23.7 Å². The summed E-state index contributed by atoms with van der Waals surface area (Å²) in [7, 11) is 0. The Morgan fingerprint density at radius 1 is 1.47 bits per heavy atom. The van der Waals surface area contributed by atoms with E-state index in [2.05, 4.69) is 32.3 Å². The standard InChI is InChI=1S/C10H14BrNOS.ClH/c11-8-5-10(14-7-8)6-12-3-1-9(13)2-4-12;/h5,7,9,13H,1-4,6H2;1H. The van der Waals surface area contributed by atoms with Crippen LogP contribution in [-0.4, -0.2) is 29.2 Å². The van der Waals surface area contributed by atoms with E-state index >= 15 is 0 Å². The summed E-state index contributed by atoms with van der Waals surface area (Å²) in [6.45, 7) is 3.08. The Hall–Kier alpha value is 0.390. The fourth-order valence-corrected chi connectivity index (χ4v) is 3.23. The van der Waals surface area contributed by atoms with E-state index in [0.29, 0.717) is 0 Å².